The van der Waals surface area contributed by atoms with Crippen molar-refractivity contribution >= 4 is 27.9 Å². The second-order valence-electron chi connectivity index (χ2n) is 7.20. The van der Waals surface area contributed by atoms with E-state index in [0.29, 0.717) is 34.0 Å². The number of methoxy groups -OCH3 is 2. The lowest BCUT2D eigenvalue weighted by molar-refractivity contribution is 0.0948. The van der Waals surface area contributed by atoms with Crippen LogP contribution in [-0.2, 0) is 0 Å². The minimum atomic E-state index is -0.432. The zero-order valence-corrected chi connectivity index (χ0v) is 18.0. The van der Waals surface area contributed by atoms with Gasteiger partial charge in [0.25, 0.3) is 5.91 Å². The maximum Gasteiger partial charge on any atom is 0.275 e. The molecular formula is C25H20N4O4. The number of nitrogens with one attached hydrogen (secondary N) is 2. The molecule has 33 heavy (non-hydrogen) atoms. The molecule has 0 unspecified atom stereocenters. The van der Waals surface area contributed by atoms with Crippen LogP contribution in [0.2, 0.25) is 0 Å². The molecule has 164 valence electrons. The second kappa shape index (κ2) is 8.51. The van der Waals surface area contributed by atoms with E-state index in [1.54, 1.807) is 37.4 Å². The number of rotatable bonds is 5. The van der Waals surface area contributed by atoms with Crippen LogP contribution in [0, 0.1) is 0 Å². The molecule has 0 saturated carbocycles. The monoisotopic (exact) mass is 440 g/mol. The highest BCUT2D eigenvalue weighted by Crippen LogP contribution is 2.27. The number of benzene rings is 3. The van der Waals surface area contributed by atoms with Gasteiger partial charge in [0, 0.05) is 5.39 Å². The van der Waals surface area contributed by atoms with Crippen LogP contribution in [0.5, 0.6) is 11.5 Å². The first-order valence-corrected chi connectivity index (χ1v) is 10.2. The Balaban J connectivity index is 1.66. The number of aromatic nitrogens is 2. The van der Waals surface area contributed by atoms with Crippen LogP contribution in [0.25, 0.3) is 33.4 Å². The normalized spacial score (nSPS) is 11.6. The molecule has 0 aliphatic carbocycles. The largest absolute Gasteiger partial charge is 0.496 e. The van der Waals surface area contributed by atoms with Gasteiger partial charge in [0.2, 0.25) is 5.55 Å². The van der Waals surface area contributed by atoms with Crippen molar-refractivity contribution in [2.75, 3.05) is 14.2 Å². The lowest BCUT2D eigenvalue weighted by atomic mass is 10.1. The van der Waals surface area contributed by atoms with Gasteiger partial charge in [-0.05, 0) is 36.4 Å². The Hall–Kier alpha value is -4.59. The first-order valence-electron chi connectivity index (χ1n) is 10.2. The molecular weight excluding hydrogens is 420 g/mol. The molecule has 0 atom stereocenters. The van der Waals surface area contributed by atoms with Crippen molar-refractivity contribution < 1.29 is 18.7 Å². The molecule has 8 heteroatoms. The van der Waals surface area contributed by atoms with Crippen LogP contribution in [0.4, 0.5) is 0 Å². The van der Waals surface area contributed by atoms with E-state index in [9.17, 15) is 4.79 Å². The van der Waals surface area contributed by atoms with Crippen LogP contribution in [0.1, 0.15) is 10.4 Å². The number of nitrogens with zero attached hydrogens (tertiary/aromatic N) is 2. The number of amides is 1. The number of fused-ring (bicyclic) bond motifs is 2. The molecule has 1 amide bonds. The summed E-state index contributed by atoms with van der Waals surface area (Å²) in [7, 11) is 3.08. The van der Waals surface area contributed by atoms with Gasteiger partial charge in [-0.3, -0.25) is 4.79 Å². The number of aromatic amines is 1. The quantitative estimate of drug-likeness (QED) is 0.398. The number of H-pyrrole nitrogens is 1. The highest BCUT2D eigenvalue weighted by Gasteiger charge is 2.15. The summed E-state index contributed by atoms with van der Waals surface area (Å²) >= 11 is 0. The Morgan fingerprint density at radius 2 is 1.73 bits per heavy atom. The minimum Gasteiger partial charge on any atom is -0.496 e. The maximum atomic E-state index is 12.8. The van der Waals surface area contributed by atoms with Crippen LogP contribution in [0.15, 0.2) is 82.3 Å². The molecule has 2 aromatic heterocycles. The highest BCUT2D eigenvalue weighted by molar-refractivity contribution is 5.96. The standard InChI is InChI=1S/C25H20N4O4/c1-31-20-12-6-3-9-16(20)24(30)28-29-25-17(23-26-18-10-4-5-11-19(18)27-23)14-15-8-7-13-21(32-2)22(15)33-25/h3-14H,1-2H3,(H,26,27)(H,28,30)/b29-25+. The van der Waals surface area contributed by atoms with Crippen LogP contribution in [-0.4, -0.2) is 30.1 Å². The number of hydrogen-bond donors (Lipinski definition) is 2. The topological polar surface area (TPSA) is 102 Å². The van der Waals surface area contributed by atoms with Crippen LogP contribution >= 0.6 is 0 Å². The van der Waals surface area contributed by atoms with Gasteiger partial charge in [-0.2, -0.15) is 0 Å². The molecule has 0 aliphatic rings. The zero-order chi connectivity index (χ0) is 22.8. The Morgan fingerprint density at radius 1 is 0.970 bits per heavy atom. The maximum absolute atomic E-state index is 12.8. The average molecular weight is 440 g/mol. The highest BCUT2D eigenvalue weighted by atomic mass is 16.5. The second-order valence-corrected chi connectivity index (χ2v) is 7.20. The Labute approximate surface area is 188 Å². The lowest BCUT2D eigenvalue weighted by Gasteiger charge is -2.08. The van der Waals surface area contributed by atoms with E-state index in [2.05, 4.69) is 20.5 Å². The van der Waals surface area contributed by atoms with Gasteiger partial charge in [-0.1, -0.05) is 36.4 Å². The van der Waals surface area contributed by atoms with Gasteiger partial charge < -0.3 is 18.9 Å². The lowest BCUT2D eigenvalue weighted by Crippen LogP contribution is -2.22. The van der Waals surface area contributed by atoms with Gasteiger partial charge >= 0.3 is 0 Å². The van der Waals surface area contributed by atoms with Crippen molar-refractivity contribution in [3.63, 3.8) is 0 Å². The number of carbonyl (C=O) groups excluding carboxylic acids is 1. The van der Waals surface area contributed by atoms with Gasteiger partial charge in [0.05, 0.1) is 36.4 Å². The molecule has 8 nitrogen and oxygen atoms in total. The first kappa shape index (κ1) is 20.3. The summed E-state index contributed by atoms with van der Waals surface area (Å²) in [4.78, 5) is 20.8. The van der Waals surface area contributed by atoms with Crippen molar-refractivity contribution in [3.8, 4) is 22.9 Å². The van der Waals surface area contributed by atoms with Gasteiger partial charge in [0.1, 0.15) is 11.6 Å². The van der Waals surface area contributed by atoms with Gasteiger partial charge in [-0.25, -0.2) is 10.4 Å². The minimum absolute atomic E-state index is 0.175. The number of para-hydroxylation sites is 4. The molecule has 0 fully saturated rings. The van der Waals surface area contributed by atoms with E-state index in [1.807, 2.05) is 42.5 Å². The van der Waals surface area contributed by atoms with Crippen molar-refractivity contribution in [1.82, 2.24) is 15.4 Å². The smallest absolute Gasteiger partial charge is 0.275 e. The van der Waals surface area contributed by atoms with Crippen molar-refractivity contribution in [2.24, 2.45) is 5.10 Å². The Bertz CT molecular complexity index is 1520. The third-order valence-electron chi connectivity index (χ3n) is 5.21. The fraction of sp³-hybridized carbons (Fsp3) is 0.0800. The van der Waals surface area contributed by atoms with Crippen molar-refractivity contribution in [1.29, 1.82) is 0 Å². The fourth-order valence-electron chi connectivity index (χ4n) is 3.61. The zero-order valence-electron chi connectivity index (χ0n) is 18.0. The molecule has 0 aliphatic heterocycles. The summed E-state index contributed by atoms with van der Waals surface area (Å²) in [5.74, 6) is 1.13. The summed E-state index contributed by atoms with van der Waals surface area (Å²) in [6, 6.07) is 22.1. The van der Waals surface area contributed by atoms with Gasteiger partial charge in [0.15, 0.2) is 11.3 Å². The Morgan fingerprint density at radius 3 is 2.55 bits per heavy atom. The number of carbonyl (C=O) groups is 1. The van der Waals surface area contributed by atoms with Crippen LogP contribution in [0.3, 0.4) is 0 Å². The molecule has 5 aromatic rings. The van der Waals surface area contributed by atoms with E-state index in [1.165, 1.54) is 7.11 Å². The molecule has 0 spiro atoms. The number of hydrogen-bond acceptors (Lipinski definition) is 6. The SMILES string of the molecule is COc1ccccc1C(=O)N/N=c1/oc2c(OC)cccc2cc1-c1nc2ccccc2[nH]1. The molecule has 0 bridgehead atoms. The number of imidazole rings is 1. The summed E-state index contributed by atoms with van der Waals surface area (Å²) in [6.45, 7) is 0. The average Bonchev–Trinajstić information content (AvgIpc) is 3.30. The van der Waals surface area contributed by atoms with Crippen LogP contribution < -0.4 is 20.5 Å². The summed E-state index contributed by atoms with van der Waals surface area (Å²) in [6.07, 6.45) is 0. The predicted octanol–water partition coefficient (Wildman–Crippen LogP) is 4.24. The molecule has 0 radical (unpaired) electrons. The van der Waals surface area contributed by atoms with Gasteiger partial charge in [-0.15, -0.1) is 5.10 Å². The fourth-order valence-corrected chi connectivity index (χ4v) is 3.61. The third kappa shape index (κ3) is 3.78. The van der Waals surface area contributed by atoms with Crippen molar-refractivity contribution in [2.45, 2.75) is 0 Å². The molecule has 0 saturated heterocycles. The molecule has 2 heterocycles. The molecule has 5 rings (SSSR count). The van der Waals surface area contributed by atoms with E-state index >= 15 is 0 Å². The summed E-state index contributed by atoms with van der Waals surface area (Å²) in [5.41, 5.74) is 5.87. The summed E-state index contributed by atoms with van der Waals surface area (Å²) < 4.78 is 16.8. The summed E-state index contributed by atoms with van der Waals surface area (Å²) in [5, 5.41) is 5.10. The first-order chi connectivity index (χ1) is 16.2. The molecule has 2 N–H and O–H groups in total. The number of ether oxygens (including phenoxy) is 2. The van der Waals surface area contributed by atoms with Crippen molar-refractivity contribution in [3.05, 3.63) is 83.9 Å². The third-order valence-corrected chi connectivity index (χ3v) is 5.21. The predicted molar refractivity (Wildman–Crippen MR) is 124 cm³/mol. The molecule has 3 aromatic carbocycles. The Kier molecular flexibility index (Phi) is 5.24. The van der Waals surface area contributed by atoms with E-state index in [4.69, 9.17) is 13.9 Å². The van der Waals surface area contributed by atoms with E-state index in [0.717, 1.165) is 16.4 Å². The van der Waals surface area contributed by atoms with E-state index < -0.39 is 5.91 Å². The van der Waals surface area contributed by atoms with E-state index in [-0.39, 0.29) is 5.55 Å².